The Morgan fingerprint density at radius 1 is 1.15 bits per heavy atom. The summed E-state index contributed by atoms with van der Waals surface area (Å²) in [5.41, 5.74) is 0.767. The number of benzene rings is 1. The molecule has 0 amide bonds. The van der Waals surface area contributed by atoms with Gasteiger partial charge < -0.3 is 0 Å². The summed E-state index contributed by atoms with van der Waals surface area (Å²) in [6, 6.07) is 7.40. The van der Waals surface area contributed by atoms with Gasteiger partial charge in [-0.1, -0.05) is 17.7 Å². The van der Waals surface area contributed by atoms with Crippen LogP contribution in [0.25, 0.3) is 16.9 Å². The number of nitrogens with zero attached hydrogens (tertiary/aromatic N) is 5. The molecule has 39 heavy (non-hydrogen) atoms. The number of rotatable bonds is 5. The SMILES string of the molecule is Cc1cnc(-c2cccc(S(C)(=O)=O)c2F)c(F)c1-n1c(C)cc([C@H]2C[C@@H]2c2cn(C)nc2C#N)c(Cl)c1=O. The van der Waals surface area contributed by atoms with Gasteiger partial charge in [-0.3, -0.25) is 19.0 Å². The van der Waals surface area contributed by atoms with Crippen LogP contribution in [-0.4, -0.2) is 34.0 Å². The van der Waals surface area contributed by atoms with Crippen LogP contribution in [0.5, 0.6) is 0 Å². The first-order chi connectivity index (χ1) is 18.3. The van der Waals surface area contributed by atoms with Gasteiger partial charge in [0.1, 0.15) is 21.7 Å². The number of hydrogen-bond donors (Lipinski definition) is 0. The van der Waals surface area contributed by atoms with Crippen LogP contribution in [0.2, 0.25) is 5.02 Å². The molecule has 0 bridgehead atoms. The van der Waals surface area contributed by atoms with E-state index in [2.05, 4.69) is 16.2 Å². The lowest BCUT2D eigenvalue weighted by Crippen LogP contribution is -2.24. The first-order valence-electron chi connectivity index (χ1n) is 11.8. The largest absolute Gasteiger partial charge is 0.277 e. The van der Waals surface area contributed by atoms with Crippen LogP contribution in [0.3, 0.4) is 0 Å². The molecule has 4 aromatic rings. The molecule has 0 unspecified atom stereocenters. The van der Waals surface area contributed by atoms with E-state index in [4.69, 9.17) is 11.6 Å². The molecule has 1 aliphatic carbocycles. The highest BCUT2D eigenvalue weighted by Gasteiger charge is 2.44. The second-order valence-corrected chi connectivity index (χ2v) is 12.1. The van der Waals surface area contributed by atoms with Crippen molar-refractivity contribution in [3.05, 3.63) is 91.7 Å². The molecule has 12 heteroatoms. The third-order valence-electron chi connectivity index (χ3n) is 6.93. The third kappa shape index (κ3) is 4.43. The lowest BCUT2D eigenvalue weighted by Gasteiger charge is -2.18. The predicted molar refractivity (Wildman–Crippen MR) is 141 cm³/mol. The van der Waals surface area contributed by atoms with Gasteiger partial charge in [0.15, 0.2) is 27.2 Å². The van der Waals surface area contributed by atoms with Gasteiger partial charge in [0.05, 0.1) is 5.69 Å². The fourth-order valence-corrected chi connectivity index (χ4v) is 6.08. The zero-order chi connectivity index (χ0) is 28.4. The lowest BCUT2D eigenvalue weighted by atomic mass is 10.0. The van der Waals surface area contributed by atoms with Crippen LogP contribution in [-0.2, 0) is 16.9 Å². The van der Waals surface area contributed by atoms with Crippen molar-refractivity contribution >= 4 is 21.4 Å². The Hall–Kier alpha value is -3.88. The molecular formula is C27H22ClF2N5O3S. The van der Waals surface area contributed by atoms with Crippen molar-refractivity contribution < 1.29 is 17.2 Å². The topological polar surface area (TPSA) is 111 Å². The first-order valence-corrected chi connectivity index (χ1v) is 14.1. The molecule has 1 aliphatic rings. The highest BCUT2D eigenvalue weighted by atomic mass is 35.5. The zero-order valence-corrected chi connectivity index (χ0v) is 22.9. The van der Waals surface area contributed by atoms with E-state index >= 15 is 8.78 Å². The fourth-order valence-electron chi connectivity index (χ4n) is 5.04. The van der Waals surface area contributed by atoms with E-state index < -0.39 is 37.6 Å². The number of pyridine rings is 2. The fraction of sp³-hybridized carbons (Fsp3) is 0.259. The van der Waals surface area contributed by atoms with E-state index in [1.165, 1.54) is 18.3 Å². The zero-order valence-electron chi connectivity index (χ0n) is 21.3. The molecule has 2 atom stereocenters. The summed E-state index contributed by atoms with van der Waals surface area (Å²) in [7, 11) is -2.20. The molecular weight excluding hydrogens is 548 g/mol. The maximum Gasteiger partial charge on any atom is 0.274 e. The van der Waals surface area contributed by atoms with Gasteiger partial charge >= 0.3 is 0 Å². The highest BCUT2D eigenvalue weighted by Crippen LogP contribution is 2.56. The molecule has 200 valence electrons. The number of aryl methyl sites for hydroxylation is 3. The van der Waals surface area contributed by atoms with Crippen molar-refractivity contribution in [1.29, 1.82) is 5.26 Å². The summed E-state index contributed by atoms with van der Waals surface area (Å²) in [5.74, 6) is -2.27. The Kier molecular flexibility index (Phi) is 6.44. The van der Waals surface area contributed by atoms with E-state index in [1.807, 2.05) is 0 Å². The summed E-state index contributed by atoms with van der Waals surface area (Å²) in [5, 5.41) is 13.5. The van der Waals surface area contributed by atoms with Crippen LogP contribution in [0, 0.1) is 36.8 Å². The van der Waals surface area contributed by atoms with Crippen molar-refractivity contribution in [2.75, 3.05) is 6.26 Å². The summed E-state index contributed by atoms with van der Waals surface area (Å²) in [4.78, 5) is 17.0. The normalized spacial score (nSPS) is 16.8. The molecule has 3 aromatic heterocycles. The summed E-state index contributed by atoms with van der Waals surface area (Å²) in [6.07, 6.45) is 4.59. The molecule has 1 aromatic carbocycles. The minimum Gasteiger partial charge on any atom is -0.277 e. The molecule has 5 rings (SSSR count). The Morgan fingerprint density at radius 2 is 1.85 bits per heavy atom. The van der Waals surface area contributed by atoms with Crippen molar-refractivity contribution in [3.8, 4) is 23.0 Å². The maximum absolute atomic E-state index is 16.0. The Morgan fingerprint density at radius 3 is 2.51 bits per heavy atom. The second-order valence-electron chi connectivity index (χ2n) is 9.71. The standard InChI is InChI=1S/C27H22ClF2N5O3S/c1-13-11-32-25(15-6-5-7-21(23(15)29)39(4,37)38)24(30)26(13)35-14(2)8-18(22(28)27(35)36)16-9-17(16)19-12-34(3)33-20(19)10-31/h5-8,11-12,16-17H,9H2,1-4H3/t16-,17-/m0/s1. The predicted octanol–water partition coefficient (Wildman–Crippen LogP) is 4.73. The van der Waals surface area contributed by atoms with Crippen molar-refractivity contribution in [3.63, 3.8) is 0 Å². The smallest absolute Gasteiger partial charge is 0.274 e. The minimum absolute atomic E-state index is 0.0309. The number of sulfone groups is 1. The van der Waals surface area contributed by atoms with Crippen LogP contribution in [0.4, 0.5) is 8.78 Å². The summed E-state index contributed by atoms with van der Waals surface area (Å²) in [6.45, 7) is 3.18. The quantitative estimate of drug-likeness (QED) is 0.344. The van der Waals surface area contributed by atoms with E-state index in [-0.39, 0.29) is 28.1 Å². The number of halogens is 3. The number of nitriles is 1. The maximum atomic E-state index is 16.0. The van der Waals surface area contributed by atoms with Crippen LogP contribution in [0.15, 0.2) is 46.3 Å². The highest BCUT2D eigenvalue weighted by molar-refractivity contribution is 7.90. The molecule has 0 radical (unpaired) electrons. The monoisotopic (exact) mass is 569 g/mol. The van der Waals surface area contributed by atoms with Gasteiger partial charge in [-0.15, -0.1) is 0 Å². The molecule has 8 nitrogen and oxygen atoms in total. The van der Waals surface area contributed by atoms with Gasteiger partial charge in [0, 0.05) is 42.5 Å². The molecule has 0 spiro atoms. The van der Waals surface area contributed by atoms with E-state index in [1.54, 1.807) is 37.8 Å². The summed E-state index contributed by atoms with van der Waals surface area (Å²) >= 11 is 6.56. The summed E-state index contributed by atoms with van der Waals surface area (Å²) < 4.78 is 57.9. The second kappa shape index (κ2) is 9.39. The Bertz CT molecular complexity index is 1890. The average Bonchev–Trinajstić information content (AvgIpc) is 3.56. The van der Waals surface area contributed by atoms with Crippen molar-refractivity contribution in [2.45, 2.75) is 37.0 Å². The number of hydrogen-bond acceptors (Lipinski definition) is 6. The molecule has 0 aliphatic heterocycles. The average molecular weight is 570 g/mol. The third-order valence-corrected chi connectivity index (χ3v) is 8.43. The number of aromatic nitrogens is 4. The van der Waals surface area contributed by atoms with Crippen molar-refractivity contribution in [2.24, 2.45) is 7.05 Å². The van der Waals surface area contributed by atoms with Gasteiger partial charge in [0.2, 0.25) is 0 Å². The first kappa shape index (κ1) is 26.7. The van der Waals surface area contributed by atoms with Crippen LogP contribution >= 0.6 is 11.6 Å². The molecule has 0 saturated heterocycles. The van der Waals surface area contributed by atoms with E-state index in [0.29, 0.717) is 28.9 Å². The lowest BCUT2D eigenvalue weighted by molar-refractivity contribution is 0.569. The Labute approximate surface area is 228 Å². The van der Waals surface area contributed by atoms with Crippen molar-refractivity contribution in [1.82, 2.24) is 19.3 Å². The molecule has 1 fully saturated rings. The van der Waals surface area contributed by atoms with E-state index in [9.17, 15) is 18.5 Å². The van der Waals surface area contributed by atoms with Gasteiger partial charge in [0.25, 0.3) is 5.56 Å². The minimum atomic E-state index is -3.92. The van der Waals surface area contributed by atoms with Gasteiger partial charge in [-0.2, -0.15) is 10.4 Å². The van der Waals surface area contributed by atoms with Crippen LogP contribution < -0.4 is 5.56 Å². The van der Waals surface area contributed by atoms with Crippen LogP contribution in [0.1, 0.15) is 46.3 Å². The van der Waals surface area contributed by atoms with Gasteiger partial charge in [-0.05, 0) is 61.4 Å². The molecule has 0 N–H and O–H groups in total. The Balaban J connectivity index is 1.62. The van der Waals surface area contributed by atoms with Gasteiger partial charge in [-0.25, -0.2) is 17.2 Å². The van der Waals surface area contributed by atoms with E-state index in [0.717, 1.165) is 22.5 Å². The molecule has 3 heterocycles. The molecule has 1 saturated carbocycles.